The van der Waals surface area contributed by atoms with Crippen molar-refractivity contribution in [3.05, 3.63) is 41.6 Å². The molecular weight excluding hydrogens is 620 g/mol. The number of aryl methyl sites for hydroxylation is 1. The Bertz CT molecular complexity index is 1270. The van der Waals surface area contributed by atoms with Gasteiger partial charge in [-0.05, 0) is 44.5 Å². The molecule has 0 atom stereocenters. The lowest BCUT2D eigenvalue weighted by atomic mass is 10.1. The molecule has 1 aromatic carbocycles. The molecule has 0 radical (unpaired) electrons. The number of fused-ring (bicyclic) bond motifs is 1. The highest BCUT2D eigenvalue weighted by molar-refractivity contribution is 7.51. The predicted octanol–water partition coefficient (Wildman–Crippen LogP) is 1.17. The second-order valence-electron chi connectivity index (χ2n) is 12.0. The summed E-state index contributed by atoms with van der Waals surface area (Å²) in [5.41, 5.74) is 8.37. The lowest BCUT2D eigenvalue weighted by Crippen LogP contribution is -2.48. The molecule has 0 bridgehead atoms. The fraction of sp³-hybridized carbons (Fsp3) is 0.655. The van der Waals surface area contributed by atoms with Gasteiger partial charge in [0.2, 0.25) is 5.91 Å². The van der Waals surface area contributed by atoms with Crippen molar-refractivity contribution in [2.24, 2.45) is 5.73 Å². The van der Waals surface area contributed by atoms with E-state index in [1.54, 1.807) is 9.80 Å². The van der Waals surface area contributed by atoms with Gasteiger partial charge in [-0.2, -0.15) is 0 Å². The third kappa shape index (κ3) is 15.6. The first-order valence-corrected chi connectivity index (χ1v) is 19.2. The molecule has 0 unspecified atom stereocenters. The van der Waals surface area contributed by atoms with E-state index < -0.39 is 27.8 Å². The third-order valence-electron chi connectivity index (χ3n) is 7.81. The minimum absolute atomic E-state index is 0.0790. The summed E-state index contributed by atoms with van der Waals surface area (Å²) in [6.45, 7) is 6.77. The number of benzene rings is 1. The van der Waals surface area contributed by atoms with Gasteiger partial charge in [0.15, 0.2) is 0 Å². The van der Waals surface area contributed by atoms with E-state index in [0.717, 1.165) is 47.8 Å². The molecule has 3 rings (SSSR count). The Labute approximate surface area is 266 Å². The van der Waals surface area contributed by atoms with Crippen LogP contribution in [-0.2, 0) is 20.5 Å². The average Bonchev–Trinajstić information content (AvgIpc) is 2.95. The van der Waals surface area contributed by atoms with Crippen LogP contribution < -0.4 is 11.1 Å². The average molecular weight is 672 g/mol. The van der Waals surface area contributed by atoms with Crippen LogP contribution in [0.3, 0.4) is 0 Å². The molecule has 0 aliphatic carbocycles. The Hall–Kier alpha value is -1.80. The first kappa shape index (κ1) is 37.7. The molecule has 2 heterocycles. The van der Waals surface area contributed by atoms with E-state index in [2.05, 4.69) is 16.3 Å². The number of hydrogen-bond acceptors (Lipinski definition) is 9. The molecular formula is C29H51N7O7P2. The van der Waals surface area contributed by atoms with Crippen molar-refractivity contribution in [2.45, 2.75) is 39.2 Å². The van der Waals surface area contributed by atoms with Gasteiger partial charge >= 0.3 is 15.2 Å². The molecule has 0 saturated carbocycles. The van der Waals surface area contributed by atoms with Crippen LogP contribution in [0.1, 0.15) is 36.9 Å². The fourth-order valence-electron chi connectivity index (χ4n) is 5.41. The summed E-state index contributed by atoms with van der Waals surface area (Å²) in [6.07, 6.45) is 2.99. The number of rotatable bonds is 14. The van der Waals surface area contributed by atoms with Crippen LogP contribution in [0.5, 0.6) is 0 Å². The van der Waals surface area contributed by atoms with Crippen LogP contribution in [0, 0.1) is 6.92 Å². The third-order valence-corrected chi connectivity index (χ3v) is 9.34. The van der Waals surface area contributed by atoms with Crippen molar-refractivity contribution in [3.63, 3.8) is 0 Å². The Morgan fingerprint density at radius 1 is 0.800 bits per heavy atom. The van der Waals surface area contributed by atoms with Crippen LogP contribution in [0.4, 0.5) is 0 Å². The van der Waals surface area contributed by atoms with Crippen molar-refractivity contribution in [1.82, 2.24) is 29.9 Å². The molecule has 1 aliphatic heterocycles. The number of nitrogens with zero attached hydrogens (tertiary/aromatic N) is 5. The van der Waals surface area contributed by atoms with Crippen LogP contribution in [-0.4, -0.2) is 135 Å². The number of unbranched alkanes of at least 4 members (excludes halogenated alkanes) is 3. The summed E-state index contributed by atoms with van der Waals surface area (Å²) < 4.78 is 24.0. The first-order chi connectivity index (χ1) is 21.3. The maximum Gasteiger partial charge on any atom is 0.339 e. The molecule has 0 spiro atoms. The minimum Gasteiger partial charge on any atom is -0.355 e. The number of pyridine rings is 1. The summed E-state index contributed by atoms with van der Waals surface area (Å²) in [5, 5.41) is 3.97. The zero-order chi connectivity index (χ0) is 32.9. The second-order valence-corrected chi connectivity index (χ2v) is 15.2. The van der Waals surface area contributed by atoms with Gasteiger partial charge in [-0.15, -0.1) is 0 Å². The fourth-order valence-corrected chi connectivity index (χ4v) is 7.02. The summed E-state index contributed by atoms with van der Waals surface area (Å²) in [6, 6.07) is 10.0. The maximum atomic E-state index is 12.7. The highest BCUT2D eigenvalue weighted by Gasteiger charge is 2.25. The number of nitrogens with two attached hydrogens (primary N) is 1. The molecule has 1 saturated heterocycles. The predicted molar refractivity (Wildman–Crippen MR) is 176 cm³/mol. The van der Waals surface area contributed by atoms with Gasteiger partial charge in [0, 0.05) is 70.8 Å². The smallest absolute Gasteiger partial charge is 0.339 e. The molecule has 1 fully saturated rings. The SMILES string of the molecule is Cc1ccc2nc(CN3CCN(CP(=O)(O)O)CCN(CC(=O)NCCCCCCN)CCN(CP(=O)(O)O)CC3)ccc2c1. The van der Waals surface area contributed by atoms with E-state index in [0.29, 0.717) is 72.0 Å². The number of hydrogen-bond donors (Lipinski definition) is 6. The highest BCUT2D eigenvalue weighted by atomic mass is 31.2. The Morgan fingerprint density at radius 2 is 1.36 bits per heavy atom. The van der Waals surface area contributed by atoms with Crippen LogP contribution in [0.15, 0.2) is 30.3 Å². The van der Waals surface area contributed by atoms with Gasteiger partial charge in [-0.1, -0.05) is 30.5 Å². The number of amides is 1. The lowest BCUT2D eigenvalue weighted by molar-refractivity contribution is -0.122. The summed E-state index contributed by atoms with van der Waals surface area (Å²) >= 11 is 0. The molecule has 16 heteroatoms. The lowest BCUT2D eigenvalue weighted by Gasteiger charge is -2.34. The maximum absolute atomic E-state index is 12.7. The molecule has 45 heavy (non-hydrogen) atoms. The van der Waals surface area contributed by atoms with Crippen LogP contribution in [0.25, 0.3) is 10.9 Å². The molecule has 2 aromatic rings. The number of carbonyl (C=O) groups excluding carboxylic acids is 1. The standard InChI is InChI=1S/C29H51N7O7P2/c1-25-6-9-28-26(20-25)7-8-27(32-28)21-33-12-16-35(23-44(38,39)40)18-14-34(15-19-36(17-13-33)24-45(41,42)43)22-29(37)31-11-5-3-2-4-10-30/h6-9,20H,2-5,10-19,21-24,30H2,1H3,(H,31,37)(H2,38,39,40)(H2,41,42,43). The topological polar surface area (TPSA) is 196 Å². The quantitative estimate of drug-likeness (QED) is 0.124. The second kappa shape index (κ2) is 18.5. The first-order valence-electron chi connectivity index (χ1n) is 15.6. The van der Waals surface area contributed by atoms with Gasteiger partial charge in [-0.3, -0.25) is 38.5 Å². The number of carbonyl (C=O) groups is 1. The normalized spacial score (nSPS) is 17.6. The largest absolute Gasteiger partial charge is 0.355 e. The van der Waals surface area contributed by atoms with E-state index in [1.807, 2.05) is 36.1 Å². The molecule has 1 aliphatic rings. The molecule has 14 nitrogen and oxygen atoms in total. The molecule has 254 valence electrons. The summed E-state index contributed by atoms with van der Waals surface area (Å²) in [7, 11) is -8.69. The van der Waals surface area contributed by atoms with Crippen molar-refractivity contribution < 1.29 is 33.5 Å². The van der Waals surface area contributed by atoms with Gasteiger partial charge in [0.25, 0.3) is 0 Å². The zero-order valence-electron chi connectivity index (χ0n) is 26.3. The minimum atomic E-state index is -4.34. The van der Waals surface area contributed by atoms with E-state index in [9.17, 15) is 33.5 Å². The Morgan fingerprint density at radius 3 is 1.93 bits per heavy atom. The van der Waals surface area contributed by atoms with Crippen LogP contribution in [0.2, 0.25) is 0 Å². The Kier molecular flexibility index (Phi) is 15.5. The highest BCUT2D eigenvalue weighted by Crippen LogP contribution is 2.36. The summed E-state index contributed by atoms with van der Waals surface area (Å²) in [5.74, 6) is -0.159. The van der Waals surface area contributed by atoms with Gasteiger partial charge in [0.1, 0.15) is 12.6 Å². The Balaban J connectivity index is 1.72. The van der Waals surface area contributed by atoms with E-state index in [-0.39, 0.29) is 12.5 Å². The molecule has 1 aromatic heterocycles. The van der Waals surface area contributed by atoms with Crippen molar-refractivity contribution >= 4 is 32.0 Å². The summed E-state index contributed by atoms with van der Waals surface area (Å²) in [4.78, 5) is 64.1. The van der Waals surface area contributed by atoms with Gasteiger partial charge in [-0.25, -0.2) is 0 Å². The van der Waals surface area contributed by atoms with E-state index >= 15 is 0 Å². The molecule has 7 N–H and O–H groups in total. The van der Waals surface area contributed by atoms with Gasteiger partial charge < -0.3 is 30.6 Å². The number of nitrogens with one attached hydrogen (secondary N) is 1. The van der Waals surface area contributed by atoms with E-state index in [4.69, 9.17) is 10.7 Å². The van der Waals surface area contributed by atoms with Gasteiger partial charge in [0.05, 0.1) is 17.8 Å². The van der Waals surface area contributed by atoms with Crippen molar-refractivity contribution in [2.75, 3.05) is 84.6 Å². The monoisotopic (exact) mass is 671 g/mol. The number of aromatic nitrogens is 1. The van der Waals surface area contributed by atoms with Crippen molar-refractivity contribution in [1.29, 1.82) is 0 Å². The zero-order valence-corrected chi connectivity index (χ0v) is 28.1. The van der Waals surface area contributed by atoms with Crippen molar-refractivity contribution in [3.8, 4) is 0 Å². The van der Waals surface area contributed by atoms with E-state index in [1.165, 1.54) is 0 Å². The molecule has 1 amide bonds. The van der Waals surface area contributed by atoms with Crippen LogP contribution >= 0.6 is 15.2 Å².